The van der Waals surface area contributed by atoms with Gasteiger partial charge in [0.1, 0.15) is 5.75 Å². The summed E-state index contributed by atoms with van der Waals surface area (Å²) in [6.07, 6.45) is 2.72. The Morgan fingerprint density at radius 3 is 2.43 bits per heavy atom. The maximum atomic E-state index is 10.5. The molecule has 1 aromatic rings. The van der Waals surface area contributed by atoms with Crippen LogP contribution in [0.15, 0.2) is 6.20 Å². The normalized spacial score (nSPS) is 17.7. The van der Waals surface area contributed by atoms with Gasteiger partial charge < -0.3 is 15.5 Å². The number of aryl methyl sites for hydroxylation is 1. The Balaban J connectivity index is 0.00000242. The lowest BCUT2D eigenvalue weighted by Gasteiger charge is -2.39. The molecule has 1 unspecified atom stereocenters. The molecule has 134 valence electrons. The van der Waals surface area contributed by atoms with Crippen molar-refractivity contribution in [2.24, 2.45) is 5.92 Å². The Kier molecular flexibility index (Phi) is 10.0. The fourth-order valence-corrected chi connectivity index (χ4v) is 3.12. The van der Waals surface area contributed by atoms with E-state index >= 15 is 0 Å². The van der Waals surface area contributed by atoms with E-state index in [9.17, 15) is 10.2 Å². The van der Waals surface area contributed by atoms with Crippen molar-refractivity contribution in [3.63, 3.8) is 0 Å². The summed E-state index contributed by atoms with van der Waals surface area (Å²) in [7, 11) is 0. The zero-order valence-electron chi connectivity index (χ0n) is 14.1. The van der Waals surface area contributed by atoms with E-state index in [1.807, 2.05) is 6.92 Å². The fourth-order valence-electron chi connectivity index (χ4n) is 3.12. The molecule has 1 fully saturated rings. The molecule has 23 heavy (non-hydrogen) atoms. The van der Waals surface area contributed by atoms with Gasteiger partial charge in [-0.1, -0.05) is 20.3 Å². The number of hydrogen-bond donors (Lipinski definition) is 3. The van der Waals surface area contributed by atoms with Crippen molar-refractivity contribution < 1.29 is 10.2 Å². The number of hydrogen-bond acceptors (Lipinski definition) is 5. The lowest BCUT2D eigenvalue weighted by Crippen LogP contribution is -2.46. The molecule has 0 bridgehead atoms. The Bertz CT molecular complexity index is 483. The predicted molar refractivity (Wildman–Crippen MR) is 97.7 cm³/mol. The van der Waals surface area contributed by atoms with Crippen LogP contribution in [0.4, 0.5) is 0 Å². The summed E-state index contributed by atoms with van der Waals surface area (Å²) in [5.41, 5.74) is 2.23. The molecule has 0 aliphatic carbocycles. The van der Waals surface area contributed by atoms with Crippen LogP contribution in [-0.4, -0.2) is 46.3 Å². The van der Waals surface area contributed by atoms with Crippen LogP contribution in [0.25, 0.3) is 0 Å². The van der Waals surface area contributed by atoms with Gasteiger partial charge in [0.15, 0.2) is 0 Å². The molecule has 1 aliphatic heterocycles. The van der Waals surface area contributed by atoms with Crippen LogP contribution in [-0.2, 0) is 6.61 Å². The van der Waals surface area contributed by atoms with Crippen LogP contribution in [0.3, 0.4) is 0 Å². The summed E-state index contributed by atoms with van der Waals surface area (Å²) in [4.78, 5) is 6.60. The first-order valence-corrected chi connectivity index (χ1v) is 7.83. The van der Waals surface area contributed by atoms with Gasteiger partial charge >= 0.3 is 0 Å². The van der Waals surface area contributed by atoms with Crippen LogP contribution >= 0.6 is 24.8 Å². The van der Waals surface area contributed by atoms with Crippen molar-refractivity contribution in [3.8, 4) is 5.75 Å². The van der Waals surface area contributed by atoms with Crippen molar-refractivity contribution in [2.45, 2.75) is 39.8 Å². The fraction of sp³-hybridized carbons (Fsp3) is 0.688. The molecule has 1 aliphatic rings. The van der Waals surface area contributed by atoms with Gasteiger partial charge in [-0.2, -0.15) is 0 Å². The highest BCUT2D eigenvalue weighted by Gasteiger charge is 2.31. The van der Waals surface area contributed by atoms with Gasteiger partial charge in [-0.25, -0.2) is 0 Å². The molecular weight excluding hydrogens is 337 g/mol. The van der Waals surface area contributed by atoms with Gasteiger partial charge in [0.2, 0.25) is 0 Å². The molecule has 0 spiro atoms. The molecule has 0 saturated carbocycles. The number of aliphatic hydroxyl groups is 1. The van der Waals surface area contributed by atoms with Crippen molar-refractivity contribution in [1.29, 1.82) is 0 Å². The number of nitrogens with zero attached hydrogens (tertiary/aromatic N) is 2. The van der Waals surface area contributed by atoms with Crippen molar-refractivity contribution in [3.05, 3.63) is 23.0 Å². The number of halogens is 2. The second kappa shape index (κ2) is 10.3. The van der Waals surface area contributed by atoms with Crippen molar-refractivity contribution >= 4 is 24.8 Å². The van der Waals surface area contributed by atoms with Gasteiger partial charge in [0.05, 0.1) is 12.3 Å². The molecule has 2 heterocycles. The number of nitrogens with one attached hydrogen (secondary N) is 1. The van der Waals surface area contributed by atoms with E-state index in [-0.39, 0.29) is 43.2 Å². The third-order valence-electron chi connectivity index (χ3n) is 4.55. The van der Waals surface area contributed by atoms with Crippen LogP contribution in [0.1, 0.15) is 43.1 Å². The SMILES string of the molecule is CCC(C)[C@@H](c1c(CO)cnc(C)c1O)N1CCNCC1.Cl.Cl. The molecule has 2 atom stereocenters. The van der Waals surface area contributed by atoms with Gasteiger partial charge in [-0.15, -0.1) is 24.8 Å². The second-order valence-corrected chi connectivity index (χ2v) is 5.91. The minimum Gasteiger partial charge on any atom is -0.506 e. The molecule has 1 aromatic heterocycles. The number of rotatable bonds is 5. The first-order chi connectivity index (χ1) is 10.1. The largest absolute Gasteiger partial charge is 0.506 e. The third kappa shape index (κ3) is 4.94. The molecule has 5 nitrogen and oxygen atoms in total. The lowest BCUT2D eigenvalue weighted by atomic mass is 9.87. The molecule has 7 heteroatoms. The van der Waals surface area contributed by atoms with E-state index in [1.165, 1.54) is 0 Å². The minimum absolute atomic E-state index is 0. The van der Waals surface area contributed by atoms with E-state index in [2.05, 4.69) is 29.0 Å². The molecular formula is C16H29Cl2N3O2. The third-order valence-corrected chi connectivity index (χ3v) is 4.55. The summed E-state index contributed by atoms with van der Waals surface area (Å²) in [6, 6.07) is 0.126. The van der Waals surface area contributed by atoms with E-state index in [1.54, 1.807) is 6.20 Å². The van der Waals surface area contributed by atoms with Crippen LogP contribution < -0.4 is 5.32 Å². The van der Waals surface area contributed by atoms with Gasteiger partial charge in [0.25, 0.3) is 0 Å². The number of aromatic hydroxyl groups is 1. The van der Waals surface area contributed by atoms with Crippen molar-refractivity contribution in [1.82, 2.24) is 15.2 Å². The van der Waals surface area contributed by atoms with E-state index in [0.29, 0.717) is 11.6 Å². The molecule has 0 amide bonds. The predicted octanol–water partition coefficient (Wildman–Crippen LogP) is 2.42. The standard InChI is InChI=1S/C16H27N3O2.2ClH/c1-4-11(2)15(19-7-5-17-6-8-19)14-13(10-20)9-18-12(3)16(14)21;;/h9,11,15,17,20-21H,4-8,10H2,1-3H3;2*1H/t11?,15-;;/m0../s1. The van der Waals surface area contributed by atoms with E-state index in [4.69, 9.17) is 0 Å². The summed E-state index contributed by atoms with van der Waals surface area (Å²) in [5.74, 6) is 0.645. The highest BCUT2D eigenvalue weighted by atomic mass is 35.5. The molecule has 1 saturated heterocycles. The average molecular weight is 366 g/mol. The Morgan fingerprint density at radius 1 is 1.30 bits per heavy atom. The highest BCUT2D eigenvalue weighted by Crippen LogP contribution is 2.39. The number of piperazine rings is 1. The second-order valence-electron chi connectivity index (χ2n) is 5.91. The zero-order valence-corrected chi connectivity index (χ0v) is 15.7. The minimum atomic E-state index is -0.0881. The maximum absolute atomic E-state index is 10.5. The van der Waals surface area contributed by atoms with Crippen LogP contribution in [0.2, 0.25) is 0 Å². The van der Waals surface area contributed by atoms with Crippen molar-refractivity contribution in [2.75, 3.05) is 26.2 Å². The molecule has 0 radical (unpaired) electrons. The summed E-state index contributed by atoms with van der Waals surface area (Å²) in [6.45, 7) is 9.95. The molecule has 2 rings (SSSR count). The highest BCUT2D eigenvalue weighted by molar-refractivity contribution is 5.85. The van der Waals surface area contributed by atoms with E-state index in [0.717, 1.165) is 43.7 Å². The molecule has 0 aromatic carbocycles. The summed E-state index contributed by atoms with van der Waals surface area (Å²) in [5, 5.41) is 23.6. The first kappa shape index (κ1) is 22.4. The maximum Gasteiger partial charge on any atom is 0.141 e. The Hall–Kier alpha value is -0.590. The van der Waals surface area contributed by atoms with Gasteiger partial charge in [-0.05, 0) is 12.8 Å². The molecule has 3 N–H and O–H groups in total. The number of aliphatic hydroxyl groups excluding tert-OH is 1. The Labute approximate surface area is 151 Å². The van der Waals surface area contributed by atoms with Crippen LogP contribution in [0, 0.1) is 12.8 Å². The number of pyridine rings is 1. The smallest absolute Gasteiger partial charge is 0.141 e. The topological polar surface area (TPSA) is 68.6 Å². The monoisotopic (exact) mass is 365 g/mol. The first-order valence-electron chi connectivity index (χ1n) is 7.83. The van der Waals surface area contributed by atoms with Crippen LogP contribution in [0.5, 0.6) is 5.75 Å². The van der Waals surface area contributed by atoms with Gasteiger partial charge in [-0.3, -0.25) is 9.88 Å². The summed E-state index contributed by atoms with van der Waals surface area (Å²) < 4.78 is 0. The number of aromatic nitrogens is 1. The average Bonchev–Trinajstić information content (AvgIpc) is 2.52. The Morgan fingerprint density at radius 2 is 1.91 bits per heavy atom. The summed E-state index contributed by atoms with van der Waals surface area (Å²) >= 11 is 0. The zero-order chi connectivity index (χ0) is 15.4. The van der Waals surface area contributed by atoms with E-state index < -0.39 is 0 Å². The van der Waals surface area contributed by atoms with Gasteiger partial charge in [0, 0.05) is 49.5 Å². The lowest BCUT2D eigenvalue weighted by molar-refractivity contribution is 0.123. The quantitative estimate of drug-likeness (QED) is 0.747.